The molecule has 1 heterocycles. The molecule has 0 radical (unpaired) electrons. The molecule has 3 heteroatoms. The Hall–Kier alpha value is -6.71. The van der Waals surface area contributed by atoms with Gasteiger partial charge >= 0.3 is 0 Å². The first kappa shape index (κ1) is 31.1. The van der Waals surface area contributed by atoms with Crippen molar-refractivity contribution in [2.45, 2.75) is 19.3 Å². The average molecular weight is 678 g/mol. The van der Waals surface area contributed by atoms with E-state index in [1.165, 1.54) is 33.4 Å². The van der Waals surface area contributed by atoms with Crippen LogP contribution in [0.3, 0.4) is 0 Å². The molecule has 0 aliphatic heterocycles. The third-order valence-corrected chi connectivity index (χ3v) is 11.0. The maximum absolute atomic E-state index is 5.30. The highest BCUT2D eigenvalue weighted by atomic mass is 15.0. The maximum Gasteiger partial charge on any atom is 0.164 e. The fourth-order valence-corrected chi connectivity index (χ4v) is 8.34. The Bertz CT molecular complexity index is 2850. The van der Waals surface area contributed by atoms with Crippen molar-refractivity contribution in [2.24, 2.45) is 0 Å². The van der Waals surface area contributed by atoms with Gasteiger partial charge in [0.1, 0.15) is 0 Å². The van der Waals surface area contributed by atoms with Gasteiger partial charge in [0.05, 0.1) is 0 Å². The van der Waals surface area contributed by atoms with E-state index < -0.39 is 0 Å². The molecule has 1 aromatic heterocycles. The quantitative estimate of drug-likeness (QED) is 0.182. The standard InChI is InChI=1S/C50H35N3/c1-50(2)44-26-12-11-23-40(44)41-28-27-35(31-45(41)50)36-29-30-42(39-22-10-9-21-38(36)39)48-51-47(34-17-7-4-8-18-34)52-49(53-48)43-25-14-20-33-19-13-24-37(46(33)43)32-15-5-3-6-16-32/h3-31H,1-2H3. The second-order valence-corrected chi connectivity index (χ2v) is 14.4. The summed E-state index contributed by atoms with van der Waals surface area (Å²) in [6.07, 6.45) is 0. The van der Waals surface area contributed by atoms with Gasteiger partial charge in [-0.2, -0.15) is 0 Å². The number of nitrogens with zero attached hydrogens (tertiary/aromatic N) is 3. The molecule has 0 saturated carbocycles. The lowest BCUT2D eigenvalue weighted by Gasteiger charge is -2.22. The van der Waals surface area contributed by atoms with E-state index in [0.717, 1.165) is 49.4 Å². The van der Waals surface area contributed by atoms with Crippen molar-refractivity contribution < 1.29 is 0 Å². The summed E-state index contributed by atoms with van der Waals surface area (Å²) in [5, 5.41) is 4.53. The molecule has 10 rings (SSSR count). The van der Waals surface area contributed by atoms with Crippen molar-refractivity contribution >= 4 is 21.5 Å². The number of aromatic nitrogens is 3. The van der Waals surface area contributed by atoms with Crippen molar-refractivity contribution in [3.63, 3.8) is 0 Å². The highest BCUT2D eigenvalue weighted by Crippen LogP contribution is 2.50. The van der Waals surface area contributed by atoms with Gasteiger partial charge in [-0.3, -0.25) is 0 Å². The minimum Gasteiger partial charge on any atom is -0.208 e. The van der Waals surface area contributed by atoms with E-state index in [1.807, 2.05) is 18.2 Å². The molecule has 53 heavy (non-hydrogen) atoms. The van der Waals surface area contributed by atoms with Crippen molar-refractivity contribution in [2.75, 3.05) is 0 Å². The predicted octanol–water partition coefficient (Wildman–Crippen LogP) is 12.8. The summed E-state index contributed by atoms with van der Waals surface area (Å²) in [4.78, 5) is 15.7. The van der Waals surface area contributed by atoms with Gasteiger partial charge < -0.3 is 0 Å². The molecule has 1 aliphatic carbocycles. The Morgan fingerprint density at radius 2 is 0.868 bits per heavy atom. The molecule has 0 unspecified atom stereocenters. The molecule has 0 atom stereocenters. The Kier molecular flexibility index (Phi) is 7.16. The summed E-state index contributed by atoms with van der Waals surface area (Å²) in [7, 11) is 0. The lowest BCUT2D eigenvalue weighted by molar-refractivity contribution is 0.660. The fraction of sp³-hybridized carbons (Fsp3) is 0.0600. The van der Waals surface area contributed by atoms with Gasteiger partial charge in [-0.05, 0) is 72.8 Å². The number of hydrogen-bond acceptors (Lipinski definition) is 3. The molecular formula is C50H35N3. The molecule has 0 N–H and O–H groups in total. The van der Waals surface area contributed by atoms with Gasteiger partial charge in [0.15, 0.2) is 17.5 Å². The predicted molar refractivity (Wildman–Crippen MR) is 220 cm³/mol. The van der Waals surface area contributed by atoms with Crippen LogP contribution in [-0.2, 0) is 5.41 Å². The van der Waals surface area contributed by atoms with E-state index in [1.54, 1.807) is 0 Å². The Labute approximate surface area is 309 Å². The van der Waals surface area contributed by atoms with E-state index >= 15 is 0 Å². The third-order valence-electron chi connectivity index (χ3n) is 11.0. The van der Waals surface area contributed by atoms with E-state index in [9.17, 15) is 0 Å². The zero-order chi connectivity index (χ0) is 35.5. The lowest BCUT2D eigenvalue weighted by Crippen LogP contribution is -2.14. The largest absolute Gasteiger partial charge is 0.208 e. The molecule has 0 bridgehead atoms. The number of rotatable bonds is 5. The topological polar surface area (TPSA) is 38.7 Å². The van der Waals surface area contributed by atoms with Crippen LogP contribution in [0.5, 0.6) is 0 Å². The molecule has 0 spiro atoms. The van der Waals surface area contributed by atoms with Crippen molar-refractivity contribution in [1.82, 2.24) is 15.0 Å². The number of hydrogen-bond donors (Lipinski definition) is 0. The SMILES string of the molecule is CC1(C)c2ccccc2-c2ccc(-c3ccc(-c4nc(-c5ccccc5)nc(-c5cccc6cccc(-c7ccccc7)c56)n4)c4ccccc34)cc21. The zero-order valence-corrected chi connectivity index (χ0v) is 29.6. The second kappa shape index (κ2) is 12.2. The Morgan fingerprint density at radius 1 is 0.340 bits per heavy atom. The van der Waals surface area contributed by atoms with Gasteiger partial charge in [0.2, 0.25) is 0 Å². The van der Waals surface area contributed by atoms with E-state index in [0.29, 0.717) is 17.5 Å². The van der Waals surface area contributed by atoms with Crippen LogP contribution in [0.15, 0.2) is 176 Å². The molecule has 1 aliphatic rings. The molecule has 9 aromatic rings. The Balaban J connectivity index is 1.17. The minimum absolute atomic E-state index is 0.0746. The monoisotopic (exact) mass is 677 g/mol. The lowest BCUT2D eigenvalue weighted by atomic mass is 9.81. The molecule has 3 nitrogen and oxygen atoms in total. The fourth-order valence-electron chi connectivity index (χ4n) is 8.34. The van der Waals surface area contributed by atoms with Gasteiger partial charge in [0, 0.05) is 27.5 Å². The average Bonchev–Trinajstić information content (AvgIpc) is 3.45. The first-order valence-corrected chi connectivity index (χ1v) is 18.2. The summed E-state index contributed by atoms with van der Waals surface area (Å²) >= 11 is 0. The van der Waals surface area contributed by atoms with Crippen LogP contribution >= 0.6 is 0 Å². The first-order chi connectivity index (χ1) is 26.0. The van der Waals surface area contributed by atoms with Crippen LogP contribution < -0.4 is 0 Å². The summed E-state index contributed by atoms with van der Waals surface area (Å²) in [5.41, 5.74) is 12.9. The number of fused-ring (bicyclic) bond motifs is 5. The third kappa shape index (κ3) is 5.08. The molecule has 250 valence electrons. The smallest absolute Gasteiger partial charge is 0.164 e. The summed E-state index contributed by atoms with van der Waals surface area (Å²) in [6.45, 7) is 4.67. The normalized spacial score (nSPS) is 12.9. The maximum atomic E-state index is 5.30. The van der Waals surface area contributed by atoms with E-state index in [-0.39, 0.29) is 5.41 Å². The molecular weight excluding hydrogens is 643 g/mol. The van der Waals surface area contributed by atoms with Crippen LogP contribution in [0.4, 0.5) is 0 Å². The minimum atomic E-state index is -0.0746. The van der Waals surface area contributed by atoms with Crippen LogP contribution in [-0.4, -0.2) is 15.0 Å². The van der Waals surface area contributed by atoms with Gasteiger partial charge in [-0.25, -0.2) is 15.0 Å². The Morgan fingerprint density at radius 3 is 1.62 bits per heavy atom. The highest BCUT2D eigenvalue weighted by molar-refractivity contribution is 6.07. The van der Waals surface area contributed by atoms with Crippen molar-refractivity contribution in [1.29, 1.82) is 0 Å². The van der Waals surface area contributed by atoms with Crippen molar-refractivity contribution in [3.05, 3.63) is 187 Å². The first-order valence-electron chi connectivity index (χ1n) is 18.2. The van der Waals surface area contributed by atoms with Gasteiger partial charge in [0.25, 0.3) is 0 Å². The second-order valence-electron chi connectivity index (χ2n) is 14.4. The van der Waals surface area contributed by atoms with E-state index in [4.69, 9.17) is 15.0 Å². The van der Waals surface area contributed by atoms with Gasteiger partial charge in [-0.1, -0.05) is 178 Å². The molecule has 0 saturated heterocycles. The molecule has 0 fully saturated rings. The molecule has 0 amide bonds. The molecule has 8 aromatic carbocycles. The van der Waals surface area contributed by atoms with Gasteiger partial charge in [-0.15, -0.1) is 0 Å². The van der Waals surface area contributed by atoms with Crippen LogP contribution in [0.1, 0.15) is 25.0 Å². The highest BCUT2D eigenvalue weighted by Gasteiger charge is 2.35. The van der Waals surface area contributed by atoms with Crippen LogP contribution in [0.2, 0.25) is 0 Å². The van der Waals surface area contributed by atoms with E-state index in [2.05, 4.69) is 172 Å². The van der Waals surface area contributed by atoms with Crippen molar-refractivity contribution in [3.8, 4) is 67.5 Å². The van der Waals surface area contributed by atoms with Crippen LogP contribution in [0, 0.1) is 0 Å². The van der Waals surface area contributed by atoms with Crippen LogP contribution in [0.25, 0.3) is 89.1 Å². The summed E-state index contributed by atoms with van der Waals surface area (Å²) in [5.74, 6) is 1.95. The number of benzene rings is 8. The summed E-state index contributed by atoms with van der Waals surface area (Å²) < 4.78 is 0. The zero-order valence-electron chi connectivity index (χ0n) is 29.6. The summed E-state index contributed by atoms with van der Waals surface area (Å²) in [6, 6.07) is 62.5.